The summed E-state index contributed by atoms with van der Waals surface area (Å²) in [5.74, 6) is -0.0852. The average molecular weight is 610 g/mol. The molecular formula is C33H41F2N5O4. The molecule has 2 aromatic heterocycles. The minimum absolute atomic E-state index is 0.0303. The topological polar surface area (TPSA) is 104 Å². The van der Waals surface area contributed by atoms with E-state index in [9.17, 15) is 14.6 Å². The van der Waals surface area contributed by atoms with Gasteiger partial charge in [0.05, 0.1) is 23.1 Å². The van der Waals surface area contributed by atoms with E-state index < -0.39 is 23.6 Å². The Morgan fingerprint density at radius 1 is 1.14 bits per heavy atom. The van der Waals surface area contributed by atoms with Crippen LogP contribution in [0.3, 0.4) is 0 Å². The van der Waals surface area contributed by atoms with E-state index in [2.05, 4.69) is 14.9 Å². The molecule has 3 aromatic rings. The summed E-state index contributed by atoms with van der Waals surface area (Å²) < 4.78 is 43.7. The Kier molecular flexibility index (Phi) is 8.05. The predicted molar refractivity (Wildman–Crippen MR) is 162 cm³/mol. The lowest BCUT2D eigenvalue weighted by molar-refractivity contribution is 0.0225. The zero-order valence-electron chi connectivity index (χ0n) is 25.3. The predicted octanol–water partition coefficient (Wildman–Crippen LogP) is 4.87. The zero-order chi connectivity index (χ0) is 30.4. The maximum Gasteiger partial charge on any atom is 0.319 e. The molecule has 0 amide bonds. The van der Waals surface area contributed by atoms with Crippen molar-refractivity contribution in [3.05, 3.63) is 35.3 Å². The number of halogens is 2. The summed E-state index contributed by atoms with van der Waals surface area (Å²) >= 11 is 0. The number of aromatic hydroxyl groups is 1. The van der Waals surface area contributed by atoms with Crippen LogP contribution in [0.25, 0.3) is 22.2 Å². The van der Waals surface area contributed by atoms with Crippen LogP contribution < -0.4 is 9.64 Å². The van der Waals surface area contributed by atoms with Gasteiger partial charge in [0.1, 0.15) is 35.6 Å². The minimum Gasteiger partial charge on any atom is -0.508 e. The number of alkyl halides is 1. The van der Waals surface area contributed by atoms with Crippen molar-refractivity contribution in [2.75, 3.05) is 44.3 Å². The Morgan fingerprint density at radius 2 is 2.02 bits per heavy atom. The number of rotatable bonds is 3. The number of hydrogen-bond donors (Lipinski definition) is 2. The SMILES string of the molecule is Cc1cc(O)cc2c1CCCCCO[C@@H]1C[C@H](O)CCN(C1)c1nc(OC[C@@]34CCCN3C[C@H](F)C4)nc3c(F)c-2ncc13. The standard InChI is InChI=1S/C33H41F2N5O4/c1-20-12-23(42)14-26-25(20)6-3-2-4-11-43-24-13-22(41)7-10-39(18-24)31-27-16-36-29(26)28(35)30(27)37-32(38-31)44-19-33-8-5-9-40(33)17-21(34)15-33/h12,14,16,21-22,24,41-42H,2-11,13,15,17-19H2,1H3/t21-,22-,24-,33+/m1/s1. The quantitative estimate of drug-likeness (QED) is 0.430. The molecule has 0 spiro atoms. The smallest absolute Gasteiger partial charge is 0.319 e. The van der Waals surface area contributed by atoms with Crippen molar-refractivity contribution in [1.29, 1.82) is 0 Å². The third-order valence-corrected chi connectivity index (χ3v) is 10.0. The molecule has 9 nitrogen and oxygen atoms in total. The summed E-state index contributed by atoms with van der Waals surface area (Å²) in [6.45, 7) is 4.93. The van der Waals surface area contributed by atoms with Crippen LogP contribution in [0, 0.1) is 12.7 Å². The highest BCUT2D eigenvalue weighted by Crippen LogP contribution is 2.41. The number of hydrogen-bond acceptors (Lipinski definition) is 9. The number of phenolic OH excluding ortho intramolecular Hbond substituents is 1. The normalized spacial score (nSPS) is 27.9. The number of pyridine rings is 1. The molecule has 5 aliphatic heterocycles. The van der Waals surface area contributed by atoms with Gasteiger partial charge in [-0.1, -0.05) is 6.42 Å². The van der Waals surface area contributed by atoms with Gasteiger partial charge < -0.3 is 24.6 Å². The average Bonchev–Trinajstić information content (AvgIpc) is 3.44. The summed E-state index contributed by atoms with van der Waals surface area (Å²) in [6.07, 6.45) is 6.57. The number of fused-ring (bicyclic) bond motifs is 7. The van der Waals surface area contributed by atoms with Gasteiger partial charge in [-0.05, 0) is 75.3 Å². The van der Waals surface area contributed by atoms with E-state index in [1.165, 1.54) is 0 Å². The van der Waals surface area contributed by atoms with Crippen LogP contribution in [0.15, 0.2) is 18.3 Å². The van der Waals surface area contributed by atoms with E-state index in [-0.39, 0.29) is 35.7 Å². The lowest BCUT2D eigenvalue weighted by Crippen LogP contribution is -2.43. The summed E-state index contributed by atoms with van der Waals surface area (Å²) in [4.78, 5) is 18.2. The number of aromatic nitrogens is 3. The maximum atomic E-state index is 16.7. The van der Waals surface area contributed by atoms with Crippen molar-refractivity contribution < 1.29 is 28.5 Å². The molecule has 4 atom stereocenters. The Hall–Kier alpha value is -3.15. The first-order valence-corrected chi connectivity index (χ1v) is 16.1. The Balaban J connectivity index is 1.36. The van der Waals surface area contributed by atoms with E-state index in [0.29, 0.717) is 68.7 Å². The van der Waals surface area contributed by atoms with Gasteiger partial charge in [-0.2, -0.15) is 9.97 Å². The fraction of sp³-hybridized carbons (Fsp3) is 0.606. The molecule has 0 radical (unpaired) electrons. The van der Waals surface area contributed by atoms with Gasteiger partial charge in [-0.25, -0.2) is 8.78 Å². The summed E-state index contributed by atoms with van der Waals surface area (Å²) in [6, 6.07) is 3.31. The largest absolute Gasteiger partial charge is 0.508 e. The molecule has 11 heteroatoms. The van der Waals surface area contributed by atoms with E-state index in [4.69, 9.17) is 14.5 Å². The van der Waals surface area contributed by atoms with E-state index in [1.807, 2.05) is 11.8 Å². The number of benzene rings is 1. The zero-order valence-corrected chi connectivity index (χ0v) is 25.3. The van der Waals surface area contributed by atoms with E-state index >= 15 is 4.39 Å². The summed E-state index contributed by atoms with van der Waals surface area (Å²) in [5.41, 5.74) is 2.15. The van der Waals surface area contributed by atoms with Gasteiger partial charge in [0.15, 0.2) is 5.82 Å². The number of aryl methyl sites for hydroxylation is 1. The molecule has 6 bridgehead atoms. The van der Waals surface area contributed by atoms with Crippen molar-refractivity contribution in [3.8, 4) is 23.0 Å². The summed E-state index contributed by atoms with van der Waals surface area (Å²) in [5, 5.41) is 21.6. The Bertz CT molecular complexity index is 1540. The van der Waals surface area contributed by atoms with Crippen molar-refractivity contribution in [1.82, 2.24) is 19.9 Å². The number of anilines is 1. The summed E-state index contributed by atoms with van der Waals surface area (Å²) in [7, 11) is 0. The van der Waals surface area contributed by atoms with E-state index in [0.717, 1.165) is 49.8 Å². The molecule has 8 rings (SSSR count). The molecule has 3 fully saturated rings. The number of aliphatic hydroxyl groups is 1. The van der Waals surface area contributed by atoms with Gasteiger partial charge in [-0.3, -0.25) is 9.88 Å². The second-order valence-corrected chi connectivity index (χ2v) is 13.1. The third kappa shape index (κ3) is 5.58. The highest BCUT2D eigenvalue weighted by atomic mass is 19.1. The first kappa shape index (κ1) is 29.6. The van der Waals surface area contributed by atoms with Crippen LogP contribution in [0.1, 0.15) is 62.5 Å². The highest BCUT2D eigenvalue weighted by Gasteiger charge is 2.49. The molecular weight excluding hydrogens is 568 g/mol. The van der Waals surface area contributed by atoms with Gasteiger partial charge in [0.2, 0.25) is 0 Å². The molecule has 7 heterocycles. The first-order valence-electron chi connectivity index (χ1n) is 16.1. The molecule has 1 aromatic carbocycles. The Labute approximate surface area is 256 Å². The molecule has 44 heavy (non-hydrogen) atoms. The molecule has 3 saturated heterocycles. The van der Waals surface area contributed by atoms with Gasteiger partial charge in [0, 0.05) is 50.8 Å². The second-order valence-electron chi connectivity index (χ2n) is 13.1. The number of ether oxygens (including phenoxy) is 2. The van der Waals surface area contributed by atoms with Crippen LogP contribution in [0.5, 0.6) is 11.8 Å². The number of aliphatic hydroxyl groups excluding tert-OH is 1. The van der Waals surface area contributed by atoms with Crippen LogP contribution in [0.2, 0.25) is 0 Å². The monoisotopic (exact) mass is 609 g/mol. The number of phenols is 1. The molecule has 5 aliphatic rings. The van der Waals surface area contributed by atoms with Crippen LogP contribution >= 0.6 is 0 Å². The first-order chi connectivity index (χ1) is 21.3. The second kappa shape index (κ2) is 12.0. The molecule has 0 aliphatic carbocycles. The third-order valence-electron chi connectivity index (χ3n) is 10.0. The van der Waals surface area contributed by atoms with Gasteiger partial charge in [0.25, 0.3) is 0 Å². The van der Waals surface area contributed by atoms with Crippen molar-refractivity contribution >= 4 is 16.7 Å². The lowest BCUT2D eigenvalue weighted by atomic mass is 9.93. The molecule has 0 unspecified atom stereocenters. The van der Waals surface area contributed by atoms with Gasteiger partial charge in [-0.15, -0.1) is 0 Å². The molecule has 236 valence electrons. The number of nitrogens with zero attached hydrogens (tertiary/aromatic N) is 5. The molecule has 2 N–H and O–H groups in total. The van der Waals surface area contributed by atoms with Crippen molar-refractivity contribution in [3.63, 3.8) is 0 Å². The Morgan fingerprint density at radius 3 is 2.91 bits per heavy atom. The minimum atomic E-state index is -0.898. The maximum absolute atomic E-state index is 16.7. The van der Waals surface area contributed by atoms with E-state index in [1.54, 1.807) is 18.3 Å². The molecule has 0 saturated carbocycles. The van der Waals surface area contributed by atoms with Crippen molar-refractivity contribution in [2.24, 2.45) is 0 Å². The van der Waals surface area contributed by atoms with Crippen molar-refractivity contribution in [2.45, 2.75) is 88.6 Å². The van der Waals surface area contributed by atoms with Crippen LogP contribution in [-0.2, 0) is 11.2 Å². The fourth-order valence-electron chi connectivity index (χ4n) is 7.79. The lowest BCUT2D eigenvalue weighted by Gasteiger charge is -2.31. The highest BCUT2D eigenvalue weighted by molar-refractivity contribution is 5.92. The fourth-order valence-corrected chi connectivity index (χ4v) is 7.79. The van der Waals surface area contributed by atoms with Crippen LogP contribution in [0.4, 0.5) is 14.6 Å². The van der Waals surface area contributed by atoms with Gasteiger partial charge >= 0.3 is 6.01 Å². The van der Waals surface area contributed by atoms with Crippen LogP contribution in [-0.4, -0.2) is 93.4 Å².